The summed E-state index contributed by atoms with van der Waals surface area (Å²) in [5.74, 6) is 0.856. The molecular weight excluding hydrogens is 282 g/mol. The van der Waals surface area contributed by atoms with E-state index in [2.05, 4.69) is 42.0 Å². The van der Waals surface area contributed by atoms with Gasteiger partial charge in [-0.1, -0.05) is 31.3 Å². The van der Waals surface area contributed by atoms with E-state index in [4.69, 9.17) is 4.74 Å². The molecule has 1 N–H and O–H groups in total. The Balaban J connectivity index is 2.19. The predicted molar refractivity (Wildman–Crippen MR) is 89.9 cm³/mol. The number of hydrogen-bond donors (Lipinski definition) is 1. The average molecular weight is 305 g/mol. The van der Waals surface area contributed by atoms with Gasteiger partial charge in [-0.2, -0.15) is 0 Å². The monoisotopic (exact) mass is 305 g/mol. The molecule has 0 atom stereocenters. The fourth-order valence-electron chi connectivity index (χ4n) is 1.95. The summed E-state index contributed by atoms with van der Waals surface area (Å²) in [5, 5.41) is 4.45. The number of nitrogens with one attached hydrogen (secondary N) is 1. The van der Waals surface area contributed by atoms with Crippen LogP contribution in [0.1, 0.15) is 24.4 Å². The molecule has 1 aromatic heterocycles. The first-order valence-electron chi connectivity index (χ1n) is 7.08. The van der Waals surface area contributed by atoms with Crippen molar-refractivity contribution in [3.05, 3.63) is 34.8 Å². The van der Waals surface area contributed by atoms with E-state index in [0.29, 0.717) is 6.04 Å². The van der Waals surface area contributed by atoms with Crippen LogP contribution < -0.4 is 15.0 Å². The number of rotatable bonds is 6. The normalized spacial score (nSPS) is 11.0. The van der Waals surface area contributed by atoms with Crippen molar-refractivity contribution >= 4 is 22.2 Å². The second kappa shape index (κ2) is 6.91. The summed E-state index contributed by atoms with van der Waals surface area (Å²) in [5.41, 5.74) is 2.17. The lowest BCUT2D eigenvalue weighted by Crippen LogP contribution is -2.21. The van der Waals surface area contributed by atoms with E-state index < -0.39 is 0 Å². The van der Waals surface area contributed by atoms with Crippen molar-refractivity contribution in [1.29, 1.82) is 0 Å². The maximum Gasteiger partial charge on any atom is 0.190 e. The molecule has 0 spiro atoms. The van der Waals surface area contributed by atoms with E-state index >= 15 is 0 Å². The van der Waals surface area contributed by atoms with E-state index in [-0.39, 0.29) is 0 Å². The number of hydrogen-bond acceptors (Lipinski definition) is 5. The van der Waals surface area contributed by atoms with Gasteiger partial charge in [0.05, 0.1) is 12.8 Å². The number of thiazole rings is 1. The SMILES string of the molecule is COc1cccc(N(C)c2nc(C)c(CNC(C)C)s2)c1. The molecule has 4 nitrogen and oxygen atoms in total. The molecule has 2 rings (SSSR count). The Kier molecular flexibility index (Phi) is 5.20. The molecule has 114 valence electrons. The lowest BCUT2D eigenvalue weighted by atomic mass is 10.3. The van der Waals surface area contributed by atoms with E-state index in [1.165, 1.54) is 4.88 Å². The molecule has 5 heteroatoms. The number of benzene rings is 1. The Labute approximate surface area is 130 Å². The van der Waals surface area contributed by atoms with Crippen molar-refractivity contribution in [2.24, 2.45) is 0 Å². The third-order valence-corrected chi connectivity index (χ3v) is 4.51. The van der Waals surface area contributed by atoms with Gasteiger partial charge in [0.15, 0.2) is 5.13 Å². The topological polar surface area (TPSA) is 37.4 Å². The summed E-state index contributed by atoms with van der Waals surface area (Å²) in [6, 6.07) is 8.49. The van der Waals surface area contributed by atoms with Gasteiger partial charge >= 0.3 is 0 Å². The molecule has 0 radical (unpaired) electrons. The van der Waals surface area contributed by atoms with Crippen molar-refractivity contribution in [1.82, 2.24) is 10.3 Å². The van der Waals surface area contributed by atoms with Crippen LogP contribution in [-0.4, -0.2) is 25.2 Å². The lowest BCUT2D eigenvalue weighted by Gasteiger charge is -2.16. The molecule has 0 saturated carbocycles. The Bertz CT molecular complexity index is 595. The number of anilines is 2. The summed E-state index contributed by atoms with van der Waals surface area (Å²) < 4.78 is 5.28. The fourth-order valence-corrected chi connectivity index (χ4v) is 2.94. The summed E-state index contributed by atoms with van der Waals surface area (Å²) in [6.45, 7) is 7.24. The van der Waals surface area contributed by atoms with Gasteiger partial charge in [-0.25, -0.2) is 4.98 Å². The molecule has 0 saturated heterocycles. The zero-order valence-corrected chi connectivity index (χ0v) is 14.1. The van der Waals surface area contributed by atoms with Crippen molar-refractivity contribution in [3.8, 4) is 5.75 Å². The minimum Gasteiger partial charge on any atom is -0.497 e. The van der Waals surface area contributed by atoms with E-state index in [1.54, 1.807) is 18.4 Å². The molecule has 0 bridgehead atoms. The average Bonchev–Trinajstić information content (AvgIpc) is 2.85. The lowest BCUT2D eigenvalue weighted by molar-refractivity contribution is 0.415. The highest BCUT2D eigenvalue weighted by molar-refractivity contribution is 7.15. The largest absolute Gasteiger partial charge is 0.497 e. The van der Waals surface area contributed by atoms with Crippen LogP contribution in [0.2, 0.25) is 0 Å². The van der Waals surface area contributed by atoms with Crippen LogP contribution in [0.3, 0.4) is 0 Å². The van der Waals surface area contributed by atoms with Crippen LogP contribution in [-0.2, 0) is 6.54 Å². The molecule has 1 aromatic carbocycles. The first kappa shape index (κ1) is 15.8. The second-order valence-corrected chi connectivity index (χ2v) is 6.36. The standard InChI is InChI=1S/C16H23N3OS/c1-11(2)17-10-15-12(3)18-16(21-15)19(4)13-7-6-8-14(9-13)20-5/h6-9,11,17H,10H2,1-5H3. The van der Waals surface area contributed by atoms with Crippen LogP contribution in [0.5, 0.6) is 5.75 Å². The maximum absolute atomic E-state index is 5.28. The first-order valence-corrected chi connectivity index (χ1v) is 7.90. The van der Waals surface area contributed by atoms with Crippen molar-refractivity contribution in [2.75, 3.05) is 19.1 Å². The summed E-state index contributed by atoms with van der Waals surface area (Å²) >= 11 is 1.73. The number of aryl methyl sites for hydroxylation is 1. The number of aromatic nitrogens is 1. The molecule has 0 unspecified atom stereocenters. The zero-order chi connectivity index (χ0) is 15.4. The third-order valence-electron chi connectivity index (χ3n) is 3.28. The Morgan fingerprint density at radius 2 is 2.14 bits per heavy atom. The second-order valence-electron chi connectivity index (χ2n) is 5.30. The molecule has 0 aliphatic rings. The quantitative estimate of drug-likeness (QED) is 0.882. The van der Waals surface area contributed by atoms with Gasteiger partial charge in [0, 0.05) is 36.3 Å². The molecule has 0 aliphatic carbocycles. The van der Waals surface area contributed by atoms with Crippen LogP contribution in [0.4, 0.5) is 10.8 Å². The van der Waals surface area contributed by atoms with E-state index in [1.807, 2.05) is 25.2 Å². The smallest absolute Gasteiger partial charge is 0.190 e. The molecule has 21 heavy (non-hydrogen) atoms. The molecular formula is C16H23N3OS. The minimum absolute atomic E-state index is 0.478. The highest BCUT2D eigenvalue weighted by Gasteiger charge is 2.13. The van der Waals surface area contributed by atoms with Gasteiger partial charge in [-0.05, 0) is 19.1 Å². The van der Waals surface area contributed by atoms with Crippen LogP contribution >= 0.6 is 11.3 Å². The first-order chi connectivity index (χ1) is 10.0. The van der Waals surface area contributed by atoms with Gasteiger partial charge in [-0.3, -0.25) is 0 Å². The number of nitrogens with zero attached hydrogens (tertiary/aromatic N) is 2. The van der Waals surface area contributed by atoms with Gasteiger partial charge < -0.3 is 15.0 Å². The van der Waals surface area contributed by atoms with E-state index in [9.17, 15) is 0 Å². The fraction of sp³-hybridized carbons (Fsp3) is 0.438. The zero-order valence-electron chi connectivity index (χ0n) is 13.3. The summed E-state index contributed by atoms with van der Waals surface area (Å²) in [6.07, 6.45) is 0. The van der Waals surface area contributed by atoms with Crippen molar-refractivity contribution in [2.45, 2.75) is 33.4 Å². The third kappa shape index (κ3) is 3.95. The summed E-state index contributed by atoms with van der Waals surface area (Å²) in [4.78, 5) is 8.07. The minimum atomic E-state index is 0.478. The number of methoxy groups -OCH3 is 1. The van der Waals surface area contributed by atoms with E-state index in [0.717, 1.165) is 28.8 Å². The highest BCUT2D eigenvalue weighted by atomic mass is 32.1. The Morgan fingerprint density at radius 3 is 2.81 bits per heavy atom. The van der Waals surface area contributed by atoms with Gasteiger partial charge in [-0.15, -0.1) is 0 Å². The Hall–Kier alpha value is -1.59. The molecule has 2 aromatic rings. The number of ether oxygens (including phenoxy) is 1. The van der Waals surface area contributed by atoms with Crippen molar-refractivity contribution < 1.29 is 4.74 Å². The van der Waals surface area contributed by atoms with Gasteiger partial charge in [0.1, 0.15) is 5.75 Å². The maximum atomic E-state index is 5.28. The Morgan fingerprint density at radius 1 is 1.38 bits per heavy atom. The summed E-state index contributed by atoms with van der Waals surface area (Å²) in [7, 11) is 3.72. The molecule has 1 heterocycles. The van der Waals surface area contributed by atoms with Crippen LogP contribution in [0.25, 0.3) is 0 Å². The molecule has 0 fully saturated rings. The predicted octanol–water partition coefficient (Wildman–Crippen LogP) is 3.73. The molecule has 0 aliphatic heterocycles. The molecule has 0 amide bonds. The van der Waals surface area contributed by atoms with Crippen LogP contribution in [0, 0.1) is 6.92 Å². The van der Waals surface area contributed by atoms with Gasteiger partial charge in [0.2, 0.25) is 0 Å². The highest BCUT2D eigenvalue weighted by Crippen LogP contribution is 2.31. The van der Waals surface area contributed by atoms with Gasteiger partial charge in [0.25, 0.3) is 0 Å². The van der Waals surface area contributed by atoms with Crippen molar-refractivity contribution in [3.63, 3.8) is 0 Å². The van der Waals surface area contributed by atoms with Crippen LogP contribution in [0.15, 0.2) is 24.3 Å².